The smallest absolute Gasteiger partial charge is 0.161 e. The molecule has 0 spiro atoms. The summed E-state index contributed by atoms with van der Waals surface area (Å²) in [5.41, 5.74) is 11.0. The standard InChI is InChI=1S/C52H58N6O4/c1-7-9-23-57-43-17-13-11-15-39(43)41-31-37(53-49(51(41)57)35-19-21-45(59-3)47(29-35)61-5)33-55-25-27-56(28-26-55)34-38-32-42-40-16-12-14-18-44(40)58(24-10-8-2)52(42)50(54-38)36-20-22-46(60-4)48(30-36)62-6/h11-22,29-32H,7-10,23-28,33-34H2,1-6H3. The summed E-state index contributed by atoms with van der Waals surface area (Å²) in [5.74, 6) is 2.81. The second-order valence-electron chi connectivity index (χ2n) is 16.5. The fourth-order valence-corrected chi connectivity index (χ4v) is 9.45. The first-order valence-electron chi connectivity index (χ1n) is 22.2. The largest absolute Gasteiger partial charge is 0.493 e. The van der Waals surface area contributed by atoms with E-state index >= 15 is 0 Å². The lowest BCUT2D eigenvalue weighted by Gasteiger charge is -2.34. The molecule has 1 aliphatic heterocycles. The molecule has 0 unspecified atom stereocenters. The van der Waals surface area contributed by atoms with E-state index in [1.807, 2.05) is 12.1 Å². The first-order valence-corrected chi connectivity index (χ1v) is 22.2. The number of nitrogens with zero attached hydrogens (tertiary/aromatic N) is 6. The van der Waals surface area contributed by atoms with Gasteiger partial charge in [0.1, 0.15) is 0 Å². The molecule has 0 bridgehead atoms. The van der Waals surface area contributed by atoms with Crippen LogP contribution in [-0.4, -0.2) is 83.5 Å². The summed E-state index contributed by atoms with van der Waals surface area (Å²) in [7, 11) is 6.74. The molecule has 0 saturated carbocycles. The van der Waals surface area contributed by atoms with Crippen LogP contribution >= 0.6 is 0 Å². The Morgan fingerprint density at radius 3 is 1.26 bits per heavy atom. The minimum absolute atomic E-state index is 0.699. The van der Waals surface area contributed by atoms with E-state index in [0.29, 0.717) is 23.0 Å². The molecule has 0 amide bonds. The molecule has 10 heteroatoms. The number of pyridine rings is 2. The molecule has 0 atom stereocenters. The van der Waals surface area contributed by atoms with Crippen molar-refractivity contribution in [1.29, 1.82) is 0 Å². The van der Waals surface area contributed by atoms with E-state index in [4.69, 9.17) is 28.9 Å². The van der Waals surface area contributed by atoms with Crippen LogP contribution in [-0.2, 0) is 26.2 Å². The number of fused-ring (bicyclic) bond motifs is 6. The van der Waals surface area contributed by atoms with Gasteiger partial charge in [-0.2, -0.15) is 0 Å². The quantitative estimate of drug-likeness (QED) is 0.0953. The zero-order valence-corrected chi connectivity index (χ0v) is 37.0. The summed E-state index contributed by atoms with van der Waals surface area (Å²) >= 11 is 0. The Labute approximate surface area is 364 Å². The molecule has 0 radical (unpaired) electrons. The maximum absolute atomic E-state index is 5.78. The van der Waals surface area contributed by atoms with Gasteiger partial charge >= 0.3 is 0 Å². The minimum Gasteiger partial charge on any atom is -0.493 e. The Bertz CT molecular complexity index is 2680. The zero-order valence-electron chi connectivity index (χ0n) is 37.0. The maximum Gasteiger partial charge on any atom is 0.161 e. The molecule has 320 valence electrons. The predicted octanol–water partition coefficient (Wildman–Crippen LogP) is 11.0. The number of hydrogen-bond acceptors (Lipinski definition) is 8. The van der Waals surface area contributed by atoms with Crippen LogP contribution in [0.3, 0.4) is 0 Å². The van der Waals surface area contributed by atoms with Gasteiger partial charge in [-0.1, -0.05) is 63.1 Å². The Hall–Kier alpha value is -6.10. The molecule has 62 heavy (non-hydrogen) atoms. The van der Waals surface area contributed by atoms with Gasteiger partial charge in [-0.05, 0) is 73.5 Å². The fraction of sp³-hybridized carbons (Fsp3) is 0.346. The highest BCUT2D eigenvalue weighted by Crippen LogP contribution is 2.41. The third-order valence-electron chi connectivity index (χ3n) is 12.6. The lowest BCUT2D eigenvalue weighted by Crippen LogP contribution is -2.45. The third kappa shape index (κ3) is 7.71. The zero-order chi connectivity index (χ0) is 42.7. The lowest BCUT2D eigenvalue weighted by atomic mass is 10.0. The number of para-hydroxylation sites is 2. The molecule has 10 nitrogen and oxygen atoms in total. The van der Waals surface area contributed by atoms with Gasteiger partial charge in [0, 0.05) is 96.1 Å². The number of piperazine rings is 1. The average molecular weight is 831 g/mol. The second-order valence-corrected chi connectivity index (χ2v) is 16.5. The summed E-state index contributed by atoms with van der Waals surface area (Å²) in [6, 6.07) is 34.6. The van der Waals surface area contributed by atoms with Crippen LogP contribution in [0.15, 0.2) is 97.1 Å². The molecule has 4 aromatic carbocycles. The monoisotopic (exact) mass is 830 g/mol. The third-order valence-corrected chi connectivity index (χ3v) is 12.6. The molecule has 0 aliphatic carbocycles. The van der Waals surface area contributed by atoms with Crippen LogP contribution in [0.25, 0.3) is 66.1 Å². The highest BCUT2D eigenvalue weighted by Gasteiger charge is 2.24. The van der Waals surface area contributed by atoms with E-state index in [1.54, 1.807) is 28.4 Å². The highest BCUT2D eigenvalue weighted by molar-refractivity contribution is 6.13. The van der Waals surface area contributed by atoms with Crippen LogP contribution in [0.4, 0.5) is 0 Å². The SMILES string of the molecule is CCCCn1c2ccccc2c2cc(CN3CCN(Cc4cc5c6ccccc6n(CCCC)c5c(-c5ccc(OC)c(OC)c5)n4)CC3)nc(-c3ccc(OC)c(OC)c3)c21. The molecule has 1 aliphatic rings. The minimum atomic E-state index is 0.699. The number of aromatic nitrogens is 4. The van der Waals surface area contributed by atoms with Crippen LogP contribution < -0.4 is 18.9 Å². The topological polar surface area (TPSA) is 79.0 Å². The molecular weight excluding hydrogens is 773 g/mol. The van der Waals surface area contributed by atoms with Crippen LogP contribution in [0.2, 0.25) is 0 Å². The average Bonchev–Trinajstić information content (AvgIpc) is 3.81. The molecule has 5 heterocycles. The van der Waals surface area contributed by atoms with Crippen molar-refractivity contribution in [2.24, 2.45) is 0 Å². The van der Waals surface area contributed by atoms with Crippen molar-refractivity contribution in [3.05, 3.63) is 108 Å². The Balaban J connectivity index is 1.03. The van der Waals surface area contributed by atoms with E-state index in [1.165, 1.54) is 43.6 Å². The normalized spacial score (nSPS) is 13.8. The first-order chi connectivity index (χ1) is 30.5. The van der Waals surface area contributed by atoms with E-state index in [0.717, 1.165) is 112 Å². The van der Waals surface area contributed by atoms with Crippen molar-refractivity contribution < 1.29 is 18.9 Å². The van der Waals surface area contributed by atoms with Gasteiger partial charge in [-0.3, -0.25) is 9.80 Å². The van der Waals surface area contributed by atoms with E-state index in [-0.39, 0.29) is 0 Å². The Kier molecular flexibility index (Phi) is 12.0. The number of hydrogen-bond donors (Lipinski definition) is 0. The summed E-state index contributed by atoms with van der Waals surface area (Å²) in [6.45, 7) is 11.6. The number of methoxy groups -OCH3 is 4. The van der Waals surface area contributed by atoms with Crippen molar-refractivity contribution in [1.82, 2.24) is 28.9 Å². The van der Waals surface area contributed by atoms with Crippen molar-refractivity contribution in [3.63, 3.8) is 0 Å². The van der Waals surface area contributed by atoms with Gasteiger partial charge in [0.05, 0.1) is 62.2 Å². The first kappa shape index (κ1) is 41.3. The van der Waals surface area contributed by atoms with E-state index in [9.17, 15) is 0 Å². The van der Waals surface area contributed by atoms with E-state index in [2.05, 4.69) is 118 Å². The fourth-order valence-electron chi connectivity index (χ4n) is 9.45. The molecule has 0 N–H and O–H groups in total. The summed E-state index contributed by atoms with van der Waals surface area (Å²) in [4.78, 5) is 16.1. The van der Waals surface area contributed by atoms with Crippen molar-refractivity contribution in [2.75, 3.05) is 54.6 Å². The lowest BCUT2D eigenvalue weighted by molar-refractivity contribution is 0.120. The second kappa shape index (κ2) is 18.1. The number of rotatable bonds is 16. The van der Waals surface area contributed by atoms with Crippen molar-refractivity contribution >= 4 is 43.6 Å². The summed E-state index contributed by atoms with van der Waals surface area (Å²) in [6.07, 6.45) is 4.41. The van der Waals surface area contributed by atoms with Gasteiger partial charge in [0.25, 0.3) is 0 Å². The van der Waals surface area contributed by atoms with Gasteiger partial charge < -0.3 is 28.1 Å². The number of ether oxygens (including phenoxy) is 4. The Morgan fingerprint density at radius 1 is 0.468 bits per heavy atom. The molecular formula is C52H58N6O4. The highest BCUT2D eigenvalue weighted by atomic mass is 16.5. The summed E-state index contributed by atoms with van der Waals surface area (Å²) < 4.78 is 27.8. The number of unbranched alkanes of at least 4 members (excludes halogenated alkanes) is 2. The molecule has 4 aromatic heterocycles. The Morgan fingerprint density at radius 2 is 0.871 bits per heavy atom. The van der Waals surface area contributed by atoms with Crippen molar-refractivity contribution in [2.45, 2.75) is 65.7 Å². The van der Waals surface area contributed by atoms with Gasteiger partial charge in [0.2, 0.25) is 0 Å². The number of aryl methyl sites for hydroxylation is 2. The maximum atomic E-state index is 5.78. The molecule has 9 rings (SSSR count). The van der Waals surface area contributed by atoms with Crippen LogP contribution in [0.1, 0.15) is 50.9 Å². The molecule has 1 fully saturated rings. The van der Waals surface area contributed by atoms with Crippen LogP contribution in [0.5, 0.6) is 23.0 Å². The van der Waals surface area contributed by atoms with Crippen LogP contribution in [0, 0.1) is 0 Å². The molecule has 8 aromatic rings. The summed E-state index contributed by atoms with van der Waals surface area (Å²) in [5, 5.41) is 5.01. The van der Waals surface area contributed by atoms with Crippen molar-refractivity contribution in [3.8, 4) is 45.5 Å². The van der Waals surface area contributed by atoms with Gasteiger partial charge in [0.15, 0.2) is 23.0 Å². The van der Waals surface area contributed by atoms with E-state index < -0.39 is 0 Å². The molecule has 1 saturated heterocycles. The van der Waals surface area contributed by atoms with Gasteiger partial charge in [-0.25, -0.2) is 9.97 Å². The van der Waals surface area contributed by atoms with Gasteiger partial charge in [-0.15, -0.1) is 0 Å². The number of benzene rings is 4. The predicted molar refractivity (Wildman–Crippen MR) is 252 cm³/mol.